The van der Waals surface area contributed by atoms with Gasteiger partial charge in [0, 0.05) is 17.3 Å². The Morgan fingerprint density at radius 1 is 1.23 bits per heavy atom. The number of hydrogen-bond donors (Lipinski definition) is 1. The van der Waals surface area contributed by atoms with E-state index in [2.05, 4.69) is 17.2 Å². The summed E-state index contributed by atoms with van der Waals surface area (Å²) in [6.45, 7) is 0.834. The number of rotatable bonds is 6. The van der Waals surface area contributed by atoms with Crippen LogP contribution in [0, 0.1) is 22.0 Å². The number of ether oxygens (including phenoxy) is 3. The number of amides is 2. The van der Waals surface area contributed by atoms with Crippen molar-refractivity contribution in [3.63, 3.8) is 0 Å². The quantitative estimate of drug-likeness (QED) is 0.428. The van der Waals surface area contributed by atoms with Crippen LogP contribution >= 0.6 is 0 Å². The fourth-order valence-electron chi connectivity index (χ4n) is 2.92. The van der Waals surface area contributed by atoms with Crippen LogP contribution in [0.25, 0.3) is 0 Å². The molecule has 1 fully saturated rings. The van der Waals surface area contributed by atoms with Crippen molar-refractivity contribution in [1.29, 1.82) is 0 Å². The van der Waals surface area contributed by atoms with E-state index >= 15 is 0 Å². The third kappa shape index (κ3) is 4.84. The summed E-state index contributed by atoms with van der Waals surface area (Å²) in [4.78, 5) is 36.2. The zero-order valence-corrected chi connectivity index (χ0v) is 16.8. The number of nitro groups is 1. The molecule has 0 unspecified atom stereocenters. The summed E-state index contributed by atoms with van der Waals surface area (Å²) >= 11 is 0. The summed E-state index contributed by atoms with van der Waals surface area (Å²) in [5, 5.41) is 13.9. The maximum atomic E-state index is 12.4. The van der Waals surface area contributed by atoms with Crippen molar-refractivity contribution in [1.82, 2.24) is 5.32 Å². The number of cyclic esters (lactones) is 1. The van der Waals surface area contributed by atoms with Crippen molar-refractivity contribution in [2.75, 3.05) is 38.8 Å². The highest BCUT2D eigenvalue weighted by atomic mass is 16.6. The number of nitro benzene ring substituents is 1. The Labute approximate surface area is 177 Å². The largest absolute Gasteiger partial charge is 0.493 e. The number of benzene rings is 2. The minimum Gasteiger partial charge on any atom is -0.493 e. The number of anilines is 1. The number of nitrogens with zero attached hydrogens (tertiary/aromatic N) is 2. The second kappa shape index (κ2) is 9.49. The minimum absolute atomic E-state index is 0.0233. The topological polar surface area (TPSA) is 120 Å². The van der Waals surface area contributed by atoms with E-state index in [-0.39, 0.29) is 29.7 Å². The smallest absolute Gasteiger partial charge is 0.414 e. The highest BCUT2D eigenvalue weighted by molar-refractivity contribution is 5.99. The van der Waals surface area contributed by atoms with Gasteiger partial charge in [0.1, 0.15) is 12.2 Å². The minimum atomic E-state index is -0.666. The lowest BCUT2D eigenvalue weighted by Crippen LogP contribution is -2.24. The molecule has 0 saturated carbocycles. The van der Waals surface area contributed by atoms with E-state index < -0.39 is 16.5 Å². The van der Waals surface area contributed by atoms with Crippen LogP contribution in [0.3, 0.4) is 0 Å². The van der Waals surface area contributed by atoms with Crippen molar-refractivity contribution in [2.24, 2.45) is 0 Å². The molecule has 0 bridgehead atoms. The number of carbonyl (C=O) groups is 2. The van der Waals surface area contributed by atoms with Gasteiger partial charge in [-0.25, -0.2) is 4.79 Å². The van der Waals surface area contributed by atoms with Crippen molar-refractivity contribution in [3.05, 3.63) is 57.6 Å². The molecule has 31 heavy (non-hydrogen) atoms. The Morgan fingerprint density at radius 3 is 2.48 bits per heavy atom. The fourth-order valence-corrected chi connectivity index (χ4v) is 2.92. The van der Waals surface area contributed by atoms with Gasteiger partial charge >= 0.3 is 6.09 Å². The Morgan fingerprint density at radius 2 is 1.90 bits per heavy atom. The first-order chi connectivity index (χ1) is 14.9. The summed E-state index contributed by atoms with van der Waals surface area (Å²) in [7, 11) is 2.72. The highest BCUT2D eigenvalue weighted by Gasteiger charge is 2.24. The van der Waals surface area contributed by atoms with Gasteiger partial charge < -0.3 is 19.5 Å². The first-order valence-corrected chi connectivity index (χ1v) is 9.16. The third-order valence-electron chi connectivity index (χ3n) is 4.45. The lowest BCUT2D eigenvalue weighted by molar-refractivity contribution is -0.385. The number of nitrogens with one attached hydrogen (secondary N) is 1. The van der Waals surface area contributed by atoms with Crippen molar-refractivity contribution in [2.45, 2.75) is 0 Å². The van der Waals surface area contributed by atoms with Gasteiger partial charge in [-0.3, -0.25) is 19.8 Å². The first kappa shape index (κ1) is 21.4. The van der Waals surface area contributed by atoms with Crippen LogP contribution < -0.4 is 19.7 Å². The third-order valence-corrected chi connectivity index (χ3v) is 4.45. The van der Waals surface area contributed by atoms with Crippen LogP contribution in [-0.2, 0) is 4.74 Å². The molecule has 0 radical (unpaired) electrons. The molecule has 0 aromatic heterocycles. The zero-order valence-electron chi connectivity index (χ0n) is 16.8. The Bertz CT molecular complexity index is 1070. The fraction of sp³-hybridized carbons (Fsp3) is 0.238. The summed E-state index contributed by atoms with van der Waals surface area (Å²) in [6, 6.07) is 9.38. The molecule has 0 atom stereocenters. The van der Waals surface area contributed by atoms with Gasteiger partial charge in [-0.15, -0.1) is 0 Å². The first-order valence-electron chi connectivity index (χ1n) is 9.16. The van der Waals surface area contributed by atoms with E-state index in [4.69, 9.17) is 14.2 Å². The molecule has 3 rings (SSSR count). The molecule has 1 aliphatic rings. The maximum Gasteiger partial charge on any atom is 0.414 e. The molecule has 160 valence electrons. The molecule has 1 N–H and O–H groups in total. The van der Waals surface area contributed by atoms with Gasteiger partial charge in [-0.2, -0.15) is 0 Å². The number of methoxy groups -OCH3 is 2. The van der Waals surface area contributed by atoms with Crippen LogP contribution in [0.15, 0.2) is 36.4 Å². The van der Waals surface area contributed by atoms with E-state index in [0.717, 1.165) is 6.07 Å². The second-order valence-corrected chi connectivity index (χ2v) is 6.28. The summed E-state index contributed by atoms with van der Waals surface area (Å²) in [5.74, 6) is 5.36. The molecule has 2 aromatic carbocycles. The van der Waals surface area contributed by atoms with Gasteiger partial charge in [0.2, 0.25) is 0 Å². The van der Waals surface area contributed by atoms with E-state index in [9.17, 15) is 19.7 Å². The van der Waals surface area contributed by atoms with Gasteiger partial charge in [0.15, 0.2) is 11.5 Å². The molecule has 1 saturated heterocycles. The standard InChI is InChI=1S/C21H19N3O7/c1-29-18-12-16(17(24(27)28)13-19(18)30-2)20(25)22-9-3-4-14-5-7-15(8-6-14)23-10-11-31-21(23)26/h5-8,12-13H,9-11H2,1-2H3,(H,22,25). The Hall–Kier alpha value is -4.26. The molecule has 1 heterocycles. The predicted molar refractivity (Wildman–Crippen MR) is 111 cm³/mol. The molecule has 0 aliphatic carbocycles. The summed E-state index contributed by atoms with van der Waals surface area (Å²) < 4.78 is 15.1. The molecular weight excluding hydrogens is 406 g/mol. The normalized spacial score (nSPS) is 12.5. The average molecular weight is 425 g/mol. The van der Waals surface area contributed by atoms with Crippen LogP contribution in [0.5, 0.6) is 11.5 Å². The lowest BCUT2D eigenvalue weighted by atomic mass is 10.1. The van der Waals surface area contributed by atoms with E-state index in [0.29, 0.717) is 24.4 Å². The second-order valence-electron chi connectivity index (χ2n) is 6.28. The molecule has 2 aromatic rings. The predicted octanol–water partition coefficient (Wildman–Crippen LogP) is 2.35. The molecule has 10 nitrogen and oxygen atoms in total. The Balaban J connectivity index is 1.66. The summed E-state index contributed by atoms with van der Waals surface area (Å²) in [6.07, 6.45) is -0.384. The molecule has 1 aliphatic heterocycles. The van der Waals surface area contributed by atoms with Crippen molar-refractivity contribution >= 4 is 23.4 Å². The Kier molecular flexibility index (Phi) is 6.57. The van der Waals surface area contributed by atoms with Gasteiger partial charge in [-0.05, 0) is 24.3 Å². The SMILES string of the molecule is COc1cc(C(=O)NCC#Cc2ccc(N3CCOC3=O)cc2)c([N+](=O)[O-])cc1OC. The van der Waals surface area contributed by atoms with Gasteiger partial charge in [-0.1, -0.05) is 11.8 Å². The zero-order chi connectivity index (χ0) is 22.4. The monoisotopic (exact) mass is 425 g/mol. The molecule has 10 heteroatoms. The van der Waals surface area contributed by atoms with E-state index in [1.165, 1.54) is 25.2 Å². The lowest BCUT2D eigenvalue weighted by Gasteiger charge is -2.12. The molecule has 2 amide bonds. The highest BCUT2D eigenvalue weighted by Crippen LogP contribution is 2.34. The van der Waals surface area contributed by atoms with Crippen LogP contribution in [0.1, 0.15) is 15.9 Å². The van der Waals surface area contributed by atoms with Gasteiger partial charge in [0.25, 0.3) is 11.6 Å². The average Bonchev–Trinajstić information content (AvgIpc) is 3.21. The van der Waals surface area contributed by atoms with Crippen LogP contribution in [-0.4, -0.2) is 50.8 Å². The van der Waals surface area contributed by atoms with Crippen LogP contribution in [0.4, 0.5) is 16.2 Å². The van der Waals surface area contributed by atoms with E-state index in [1.807, 2.05) is 0 Å². The van der Waals surface area contributed by atoms with Crippen molar-refractivity contribution in [3.8, 4) is 23.3 Å². The summed E-state index contributed by atoms with van der Waals surface area (Å²) in [5.41, 5.74) is 0.829. The number of carbonyl (C=O) groups excluding carboxylic acids is 2. The molecular formula is C21H19N3O7. The van der Waals surface area contributed by atoms with Crippen LogP contribution in [0.2, 0.25) is 0 Å². The van der Waals surface area contributed by atoms with Gasteiger partial charge in [0.05, 0.1) is 38.3 Å². The van der Waals surface area contributed by atoms with Crippen molar-refractivity contribution < 1.29 is 28.7 Å². The molecule has 0 spiro atoms. The maximum absolute atomic E-state index is 12.4. The number of hydrogen-bond acceptors (Lipinski definition) is 7. The van der Waals surface area contributed by atoms with E-state index in [1.54, 1.807) is 24.3 Å².